The number of rotatable bonds is 3. The van der Waals surface area contributed by atoms with E-state index in [4.69, 9.17) is 18.9 Å². The fourth-order valence-corrected chi connectivity index (χ4v) is 2.53. The van der Waals surface area contributed by atoms with E-state index in [2.05, 4.69) is 4.99 Å². The van der Waals surface area contributed by atoms with Gasteiger partial charge in [0.05, 0.1) is 32.5 Å². The molecule has 1 aromatic carbocycles. The van der Waals surface area contributed by atoms with Gasteiger partial charge in [0.1, 0.15) is 5.69 Å². The first-order valence-electron chi connectivity index (χ1n) is 5.99. The Bertz CT molecular complexity index is 565. The smallest absolute Gasteiger partial charge is 0.204 e. The third-order valence-corrected chi connectivity index (χ3v) is 3.42. The average Bonchev–Trinajstić information content (AvgIpc) is 2.91. The van der Waals surface area contributed by atoms with Crippen LogP contribution >= 0.6 is 0 Å². The van der Waals surface area contributed by atoms with Gasteiger partial charge in [0.25, 0.3) is 0 Å². The van der Waals surface area contributed by atoms with Crippen molar-refractivity contribution < 1.29 is 18.9 Å². The maximum atomic E-state index is 5.60. The van der Waals surface area contributed by atoms with E-state index in [1.165, 1.54) is 0 Å². The molecule has 0 fully saturated rings. The molecule has 0 saturated carbocycles. The SMILES string of the molecule is COc1ccc2c(c1OC)N=C1OC=C[C@H]1[C@@H]2OC. The molecule has 5 heteroatoms. The molecule has 0 unspecified atom stereocenters. The van der Waals surface area contributed by atoms with E-state index in [0.29, 0.717) is 23.1 Å². The van der Waals surface area contributed by atoms with Gasteiger partial charge in [-0.1, -0.05) is 6.07 Å². The first kappa shape index (κ1) is 12.0. The maximum absolute atomic E-state index is 5.60. The van der Waals surface area contributed by atoms with Crippen molar-refractivity contribution in [1.82, 2.24) is 0 Å². The number of hydrogen-bond donors (Lipinski definition) is 0. The molecule has 3 rings (SSSR count). The van der Waals surface area contributed by atoms with E-state index >= 15 is 0 Å². The molecule has 0 N–H and O–H groups in total. The van der Waals surface area contributed by atoms with Gasteiger partial charge in [-0.25, -0.2) is 4.99 Å². The molecule has 19 heavy (non-hydrogen) atoms. The summed E-state index contributed by atoms with van der Waals surface area (Å²) >= 11 is 0. The van der Waals surface area contributed by atoms with Gasteiger partial charge >= 0.3 is 0 Å². The lowest BCUT2D eigenvalue weighted by Gasteiger charge is -2.27. The fraction of sp³-hybridized carbons (Fsp3) is 0.357. The topological polar surface area (TPSA) is 49.3 Å². The second-order valence-electron chi connectivity index (χ2n) is 4.32. The number of nitrogens with zero attached hydrogens (tertiary/aromatic N) is 1. The van der Waals surface area contributed by atoms with Crippen LogP contribution in [0.1, 0.15) is 11.7 Å². The molecule has 0 radical (unpaired) electrons. The summed E-state index contributed by atoms with van der Waals surface area (Å²) in [7, 11) is 4.88. The van der Waals surface area contributed by atoms with E-state index in [1.54, 1.807) is 27.6 Å². The molecule has 0 aromatic heterocycles. The summed E-state index contributed by atoms with van der Waals surface area (Å²) in [6.45, 7) is 0. The quantitative estimate of drug-likeness (QED) is 0.839. The lowest BCUT2D eigenvalue weighted by Crippen LogP contribution is -2.23. The average molecular weight is 261 g/mol. The van der Waals surface area contributed by atoms with Crippen LogP contribution in [-0.4, -0.2) is 27.2 Å². The fourth-order valence-electron chi connectivity index (χ4n) is 2.53. The Morgan fingerprint density at radius 1 is 1.16 bits per heavy atom. The van der Waals surface area contributed by atoms with E-state index in [-0.39, 0.29) is 12.0 Å². The molecule has 2 aliphatic rings. The molecule has 0 amide bonds. The number of ether oxygens (including phenoxy) is 4. The summed E-state index contributed by atoms with van der Waals surface area (Å²) in [5, 5.41) is 0. The number of fused-ring (bicyclic) bond motifs is 2. The number of hydrogen-bond acceptors (Lipinski definition) is 5. The summed E-state index contributed by atoms with van der Waals surface area (Å²) in [5.41, 5.74) is 1.69. The van der Waals surface area contributed by atoms with Gasteiger partial charge in [-0.15, -0.1) is 0 Å². The van der Waals surface area contributed by atoms with Gasteiger partial charge in [-0.05, 0) is 12.1 Å². The molecule has 2 aliphatic heterocycles. The highest BCUT2D eigenvalue weighted by Gasteiger charge is 2.37. The molecule has 0 bridgehead atoms. The van der Waals surface area contributed by atoms with Crippen molar-refractivity contribution in [2.75, 3.05) is 21.3 Å². The minimum absolute atomic E-state index is 0.0237. The van der Waals surface area contributed by atoms with Crippen molar-refractivity contribution in [2.45, 2.75) is 6.10 Å². The van der Waals surface area contributed by atoms with E-state index in [9.17, 15) is 0 Å². The Balaban J connectivity index is 2.20. The van der Waals surface area contributed by atoms with Crippen LogP contribution in [0.15, 0.2) is 29.5 Å². The second kappa shape index (κ2) is 4.59. The third kappa shape index (κ3) is 1.69. The van der Waals surface area contributed by atoms with Crippen LogP contribution in [0.3, 0.4) is 0 Å². The Labute approximate surface area is 111 Å². The minimum Gasteiger partial charge on any atom is -0.493 e. The zero-order chi connectivity index (χ0) is 13.4. The lowest BCUT2D eigenvalue weighted by atomic mass is 9.91. The van der Waals surface area contributed by atoms with E-state index < -0.39 is 0 Å². The van der Waals surface area contributed by atoms with Gasteiger partial charge in [-0.2, -0.15) is 0 Å². The van der Waals surface area contributed by atoms with Crippen LogP contribution in [0.4, 0.5) is 5.69 Å². The molecule has 2 heterocycles. The van der Waals surface area contributed by atoms with Gasteiger partial charge < -0.3 is 18.9 Å². The van der Waals surface area contributed by atoms with Gasteiger partial charge in [0.2, 0.25) is 5.90 Å². The molecule has 1 aromatic rings. The Hall–Kier alpha value is -2.01. The first-order valence-corrected chi connectivity index (χ1v) is 5.99. The summed E-state index contributed by atoms with van der Waals surface area (Å²) in [6, 6.07) is 3.82. The number of methoxy groups -OCH3 is 3. The number of benzene rings is 1. The normalized spacial score (nSPS) is 23.2. The van der Waals surface area contributed by atoms with Crippen molar-refractivity contribution in [3.63, 3.8) is 0 Å². The van der Waals surface area contributed by atoms with Crippen LogP contribution in [0, 0.1) is 5.92 Å². The summed E-state index contributed by atoms with van der Waals surface area (Å²) < 4.78 is 21.7. The van der Waals surface area contributed by atoms with Gasteiger partial charge in [-0.3, -0.25) is 0 Å². The highest BCUT2D eigenvalue weighted by molar-refractivity contribution is 5.90. The second-order valence-corrected chi connectivity index (χ2v) is 4.32. The van der Waals surface area contributed by atoms with Crippen molar-refractivity contribution in [3.05, 3.63) is 30.0 Å². The maximum Gasteiger partial charge on any atom is 0.204 e. The highest BCUT2D eigenvalue weighted by Crippen LogP contribution is 2.49. The molecule has 2 atom stereocenters. The predicted octanol–water partition coefficient (Wildman–Crippen LogP) is 2.60. The summed E-state index contributed by atoms with van der Waals surface area (Å²) in [4.78, 5) is 4.53. The Kier molecular flexibility index (Phi) is 2.91. The lowest BCUT2D eigenvalue weighted by molar-refractivity contribution is 0.0845. The molecule has 100 valence electrons. The summed E-state index contributed by atoms with van der Waals surface area (Å²) in [6.07, 6.45) is 3.47. The van der Waals surface area contributed by atoms with E-state index in [1.807, 2.05) is 18.2 Å². The summed E-state index contributed by atoms with van der Waals surface area (Å²) in [5.74, 6) is 1.90. The minimum atomic E-state index is -0.124. The zero-order valence-corrected chi connectivity index (χ0v) is 11.0. The number of aliphatic imine (C=N–C) groups is 1. The van der Waals surface area contributed by atoms with Crippen molar-refractivity contribution >= 4 is 11.6 Å². The van der Waals surface area contributed by atoms with Crippen LogP contribution in [-0.2, 0) is 9.47 Å². The standard InChI is InChI=1S/C14H15NO4/c1-16-10-5-4-8-11(13(10)18-3)15-14-9(6-7-19-14)12(8)17-2/h4-7,9,12H,1-3H3/t9-,12+/m0/s1. The van der Waals surface area contributed by atoms with Crippen LogP contribution < -0.4 is 9.47 Å². The van der Waals surface area contributed by atoms with Gasteiger partial charge in [0, 0.05) is 12.7 Å². The van der Waals surface area contributed by atoms with E-state index in [0.717, 1.165) is 5.56 Å². The highest BCUT2D eigenvalue weighted by atomic mass is 16.5. The monoisotopic (exact) mass is 261 g/mol. The van der Waals surface area contributed by atoms with Crippen molar-refractivity contribution in [1.29, 1.82) is 0 Å². The van der Waals surface area contributed by atoms with Crippen LogP contribution in [0.5, 0.6) is 11.5 Å². The van der Waals surface area contributed by atoms with Crippen LogP contribution in [0.2, 0.25) is 0 Å². The van der Waals surface area contributed by atoms with Crippen molar-refractivity contribution in [3.8, 4) is 11.5 Å². The molecule has 0 saturated heterocycles. The molecule has 0 aliphatic carbocycles. The first-order chi connectivity index (χ1) is 9.30. The van der Waals surface area contributed by atoms with Gasteiger partial charge in [0.15, 0.2) is 11.5 Å². The molecular weight excluding hydrogens is 246 g/mol. The molecular formula is C14H15NO4. The third-order valence-electron chi connectivity index (χ3n) is 3.42. The Morgan fingerprint density at radius 3 is 2.68 bits per heavy atom. The van der Waals surface area contributed by atoms with Crippen molar-refractivity contribution in [2.24, 2.45) is 10.9 Å². The molecule has 0 spiro atoms. The Morgan fingerprint density at radius 2 is 2.00 bits per heavy atom. The largest absolute Gasteiger partial charge is 0.493 e. The molecule has 5 nitrogen and oxygen atoms in total. The van der Waals surface area contributed by atoms with Crippen LogP contribution in [0.25, 0.3) is 0 Å². The predicted molar refractivity (Wildman–Crippen MR) is 70.1 cm³/mol. The zero-order valence-electron chi connectivity index (χ0n) is 11.0.